The monoisotopic (exact) mass is 249 g/mol. The lowest BCUT2D eigenvalue weighted by atomic mass is 10.1. The molecule has 3 N–H and O–H groups in total. The fourth-order valence-electron chi connectivity index (χ4n) is 1.18. The van der Waals surface area contributed by atoms with Gasteiger partial charge < -0.3 is 10.8 Å². The molecule has 4 nitrogen and oxygen atoms in total. The third-order valence-electron chi connectivity index (χ3n) is 1.88. The normalized spacial score (nSPS) is 9.24. The average molecular weight is 249 g/mol. The van der Waals surface area contributed by atoms with Crippen LogP contribution in [0.25, 0.3) is 0 Å². The van der Waals surface area contributed by atoms with E-state index < -0.39 is 5.97 Å². The molecule has 0 aliphatic carbocycles. The molecule has 0 aliphatic rings. The van der Waals surface area contributed by atoms with Crippen LogP contribution in [0.15, 0.2) is 18.2 Å². The number of aromatic carboxylic acids is 1. The maximum atomic E-state index is 11.0. The van der Waals surface area contributed by atoms with Gasteiger partial charge in [-0.05, 0) is 12.1 Å². The topological polar surface area (TPSA) is 80.4 Å². The summed E-state index contributed by atoms with van der Waals surface area (Å²) in [6, 6.07) is 4.74. The Morgan fingerprint density at radius 3 is 2.76 bits per heavy atom. The van der Waals surface area contributed by atoms with Gasteiger partial charge in [0.05, 0.1) is 11.3 Å². The summed E-state index contributed by atoms with van der Waals surface area (Å²) in [5.41, 5.74) is 6.12. The Kier molecular flexibility index (Phi) is 4.61. The van der Waals surface area contributed by atoms with E-state index in [9.17, 15) is 9.59 Å². The van der Waals surface area contributed by atoms with Crippen LogP contribution in [0.2, 0.25) is 0 Å². The SMILES string of the molecule is CC(=O)SCC#Cc1cccc(N)c1C(=O)O. The van der Waals surface area contributed by atoms with Crippen LogP contribution >= 0.6 is 11.8 Å². The number of rotatable bonds is 2. The van der Waals surface area contributed by atoms with Gasteiger partial charge in [0, 0.05) is 18.2 Å². The van der Waals surface area contributed by atoms with E-state index in [2.05, 4.69) is 11.8 Å². The molecule has 0 aliphatic heterocycles. The molecule has 1 aromatic rings. The van der Waals surface area contributed by atoms with Crippen molar-refractivity contribution in [2.45, 2.75) is 6.92 Å². The number of hydrogen-bond acceptors (Lipinski definition) is 4. The number of carbonyl (C=O) groups is 2. The summed E-state index contributed by atoms with van der Waals surface area (Å²) in [7, 11) is 0. The van der Waals surface area contributed by atoms with Crippen LogP contribution in [0.1, 0.15) is 22.8 Å². The molecule has 0 atom stereocenters. The largest absolute Gasteiger partial charge is 0.478 e. The molecular weight excluding hydrogens is 238 g/mol. The smallest absolute Gasteiger partial charge is 0.339 e. The second-order valence-corrected chi connectivity index (χ2v) is 4.31. The van der Waals surface area contributed by atoms with Crippen LogP contribution in [-0.4, -0.2) is 21.9 Å². The molecule has 1 aromatic carbocycles. The highest BCUT2D eigenvalue weighted by atomic mass is 32.2. The molecule has 1 rings (SSSR count). The molecule has 88 valence electrons. The molecule has 0 amide bonds. The second-order valence-electron chi connectivity index (χ2n) is 3.16. The van der Waals surface area contributed by atoms with E-state index in [1.165, 1.54) is 13.0 Å². The zero-order valence-corrected chi connectivity index (χ0v) is 10.0. The van der Waals surface area contributed by atoms with Crippen molar-refractivity contribution in [3.05, 3.63) is 29.3 Å². The molecule has 5 heteroatoms. The predicted octanol–water partition coefficient (Wildman–Crippen LogP) is 1.60. The van der Waals surface area contributed by atoms with Crippen molar-refractivity contribution < 1.29 is 14.7 Å². The van der Waals surface area contributed by atoms with Crippen molar-refractivity contribution in [3.8, 4) is 11.8 Å². The first-order valence-corrected chi connectivity index (χ1v) is 5.75. The van der Waals surface area contributed by atoms with Gasteiger partial charge in [0.25, 0.3) is 0 Å². The highest BCUT2D eigenvalue weighted by Crippen LogP contribution is 2.16. The van der Waals surface area contributed by atoms with Gasteiger partial charge in [0.15, 0.2) is 5.12 Å². The first-order chi connectivity index (χ1) is 8.02. The van der Waals surface area contributed by atoms with Crippen molar-refractivity contribution in [1.82, 2.24) is 0 Å². The van der Waals surface area contributed by atoms with Crippen molar-refractivity contribution in [1.29, 1.82) is 0 Å². The number of thioether (sulfide) groups is 1. The molecule has 0 saturated heterocycles. The van der Waals surface area contributed by atoms with Gasteiger partial charge >= 0.3 is 5.97 Å². The average Bonchev–Trinajstić information content (AvgIpc) is 2.23. The Morgan fingerprint density at radius 2 is 2.18 bits per heavy atom. The summed E-state index contributed by atoms with van der Waals surface area (Å²) < 4.78 is 0. The highest BCUT2D eigenvalue weighted by Gasteiger charge is 2.11. The van der Waals surface area contributed by atoms with Crippen LogP contribution in [-0.2, 0) is 4.79 Å². The Hall–Kier alpha value is -1.93. The number of benzene rings is 1. The first-order valence-electron chi connectivity index (χ1n) is 4.76. The molecule has 0 saturated carbocycles. The minimum atomic E-state index is -1.10. The first kappa shape index (κ1) is 13.1. The minimum Gasteiger partial charge on any atom is -0.478 e. The van der Waals surface area contributed by atoms with Crippen LogP contribution < -0.4 is 5.73 Å². The van der Waals surface area contributed by atoms with E-state index in [0.717, 1.165) is 11.8 Å². The molecule has 0 aromatic heterocycles. The lowest BCUT2D eigenvalue weighted by Crippen LogP contribution is -2.05. The summed E-state index contributed by atoms with van der Waals surface area (Å²) in [4.78, 5) is 21.6. The maximum absolute atomic E-state index is 11.0. The Bertz CT molecular complexity index is 514. The van der Waals surface area contributed by atoms with Gasteiger partial charge in [-0.1, -0.05) is 29.7 Å². The molecule has 0 spiro atoms. The molecule has 17 heavy (non-hydrogen) atoms. The summed E-state index contributed by atoms with van der Waals surface area (Å²) in [5, 5.41) is 8.96. The third-order valence-corrected chi connectivity index (χ3v) is 2.58. The van der Waals surface area contributed by atoms with E-state index >= 15 is 0 Å². The van der Waals surface area contributed by atoms with Gasteiger partial charge in [-0.2, -0.15) is 0 Å². The van der Waals surface area contributed by atoms with Crippen LogP contribution in [0.5, 0.6) is 0 Å². The Morgan fingerprint density at radius 1 is 1.47 bits per heavy atom. The molecule has 0 unspecified atom stereocenters. The second kappa shape index (κ2) is 5.97. The number of nitrogen functional groups attached to an aromatic ring is 1. The van der Waals surface area contributed by atoms with E-state index in [1.807, 2.05) is 0 Å². The molecule has 0 bridgehead atoms. The van der Waals surface area contributed by atoms with Crippen molar-refractivity contribution in [3.63, 3.8) is 0 Å². The Balaban J connectivity index is 2.94. The van der Waals surface area contributed by atoms with Crippen LogP contribution in [0.4, 0.5) is 5.69 Å². The zero-order chi connectivity index (χ0) is 12.8. The lowest BCUT2D eigenvalue weighted by molar-refractivity contribution is -0.109. The van der Waals surface area contributed by atoms with Crippen LogP contribution in [0, 0.1) is 11.8 Å². The summed E-state index contributed by atoms with van der Waals surface area (Å²) in [5.74, 6) is 4.67. The van der Waals surface area contributed by atoms with E-state index in [0.29, 0.717) is 11.3 Å². The molecule has 0 heterocycles. The van der Waals surface area contributed by atoms with Gasteiger partial charge in [-0.15, -0.1) is 0 Å². The predicted molar refractivity (Wildman–Crippen MR) is 67.8 cm³/mol. The summed E-state index contributed by atoms with van der Waals surface area (Å²) >= 11 is 1.08. The molecule has 0 fully saturated rings. The number of hydrogen-bond donors (Lipinski definition) is 2. The maximum Gasteiger partial charge on any atom is 0.339 e. The van der Waals surface area contributed by atoms with Gasteiger partial charge in [-0.3, -0.25) is 4.79 Å². The lowest BCUT2D eigenvalue weighted by Gasteiger charge is -2.02. The number of carbonyl (C=O) groups excluding carboxylic acids is 1. The Labute approximate surface area is 103 Å². The standard InChI is InChI=1S/C12H11NO3S/c1-8(14)17-7-3-5-9-4-2-6-10(13)11(9)12(15)16/h2,4,6H,7,13H2,1H3,(H,15,16). The minimum absolute atomic E-state index is 0.00725. The number of nitrogens with two attached hydrogens (primary N) is 1. The van der Waals surface area contributed by atoms with Crippen molar-refractivity contribution in [2.75, 3.05) is 11.5 Å². The van der Waals surface area contributed by atoms with Crippen molar-refractivity contribution >= 4 is 28.5 Å². The highest BCUT2D eigenvalue weighted by molar-refractivity contribution is 8.13. The van der Waals surface area contributed by atoms with Crippen molar-refractivity contribution in [2.24, 2.45) is 0 Å². The third kappa shape index (κ3) is 3.85. The molecule has 0 radical (unpaired) electrons. The van der Waals surface area contributed by atoms with Gasteiger partial charge in [0.1, 0.15) is 0 Å². The fourth-order valence-corrected chi connectivity index (χ4v) is 1.53. The van der Waals surface area contributed by atoms with Gasteiger partial charge in [0.2, 0.25) is 0 Å². The van der Waals surface area contributed by atoms with E-state index in [4.69, 9.17) is 10.8 Å². The van der Waals surface area contributed by atoms with E-state index in [-0.39, 0.29) is 16.4 Å². The molecular formula is C12H11NO3S. The van der Waals surface area contributed by atoms with E-state index in [1.54, 1.807) is 12.1 Å². The number of anilines is 1. The summed E-state index contributed by atoms with van der Waals surface area (Å²) in [6.07, 6.45) is 0. The zero-order valence-electron chi connectivity index (χ0n) is 9.19. The summed E-state index contributed by atoms with van der Waals surface area (Å²) in [6.45, 7) is 1.45. The van der Waals surface area contributed by atoms with Crippen LogP contribution in [0.3, 0.4) is 0 Å². The number of carboxylic acid groups (broad SMARTS) is 1. The quantitative estimate of drug-likeness (QED) is 0.614. The van der Waals surface area contributed by atoms with Gasteiger partial charge in [-0.25, -0.2) is 4.79 Å². The fraction of sp³-hybridized carbons (Fsp3) is 0.167. The number of carboxylic acids is 1.